The number of unbranched alkanes of at least 4 members (excludes halogenated alkanes) is 1. The third kappa shape index (κ3) is 6.00. The molecule has 0 aliphatic carbocycles. The molecule has 21 heavy (non-hydrogen) atoms. The molecule has 0 radical (unpaired) electrons. The van der Waals surface area contributed by atoms with Gasteiger partial charge in [-0.2, -0.15) is 0 Å². The predicted molar refractivity (Wildman–Crippen MR) is 91.8 cm³/mol. The first-order valence-corrected chi connectivity index (χ1v) is 8.54. The van der Waals surface area contributed by atoms with Crippen LogP contribution in [0.4, 0.5) is 0 Å². The molecular formula is C18H25NOS. The van der Waals surface area contributed by atoms with Crippen molar-refractivity contribution in [3.63, 3.8) is 0 Å². The fraction of sp³-hybridized carbons (Fsp3) is 0.444. The maximum atomic E-state index is 5.53. The largest absolute Gasteiger partial charge is 0.379 e. The predicted octanol–water partition coefficient (Wildman–Crippen LogP) is 4.71. The molecule has 2 nitrogen and oxygen atoms in total. The second kappa shape index (κ2) is 8.98. The van der Waals surface area contributed by atoms with E-state index in [9.17, 15) is 0 Å². The molecule has 0 aliphatic rings. The Labute approximate surface area is 132 Å². The highest BCUT2D eigenvalue weighted by atomic mass is 32.1. The van der Waals surface area contributed by atoms with Gasteiger partial charge in [-0.3, -0.25) is 0 Å². The molecule has 114 valence electrons. The first-order valence-electron chi connectivity index (χ1n) is 7.72. The summed E-state index contributed by atoms with van der Waals surface area (Å²) in [5, 5.41) is 3.51. The zero-order valence-corrected chi connectivity index (χ0v) is 13.8. The van der Waals surface area contributed by atoms with E-state index in [2.05, 4.69) is 61.6 Å². The summed E-state index contributed by atoms with van der Waals surface area (Å²) in [6.45, 7) is 7.05. The van der Waals surface area contributed by atoms with E-state index in [-0.39, 0.29) is 0 Å². The van der Waals surface area contributed by atoms with E-state index in [1.165, 1.54) is 21.7 Å². The summed E-state index contributed by atoms with van der Waals surface area (Å²) in [5.74, 6) is 0. The first kappa shape index (κ1) is 16.2. The molecule has 2 rings (SSSR count). The van der Waals surface area contributed by atoms with Crippen LogP contribution in [-0.4, -0.2) is 19.3 Å². The number of ether oxygens (including phenoxy) is 1. The van der Waals surface area contributed by atoms with Gasteiger partial charge >= 0.3 is 0 Å². The average Bonchev–Trinajstić information content (AvgIpc) is 2.96. The molecule has 1 aromatic carbocycles. The van der Waals surface area contributed by atoms with Gasteiger partial charge in [0.15, 0.2) is 0 Å². The lowest BCUT2D eigenvalue weighted by Crippen LogP contribution is -2.14. The summed E-state index contributed by atoms with van der Waals surface area (Å²) < 4.78 is 5.53. The zero-order chi connectivity index (χ0) is 14.9. The number of thiophene rings is 1. The monoisotopic (exact) mass is 303 g/mol. The minimum absolute atomic E-state index is 0.348. The van der Waals surface area contributed by atoms with E-state index in [4.69, 9.17) is 4.74 Å². The van der Waals surface area contributed by atoms with Gasteiger partial charge in [-0.1, -0.05) is 30.3 Å². The van der Waals surface area contributed by atoms with Gasteiger partial charge in [-0.05, 0) is 50.9 Å². The molecule has 0 spiro atoms. The molecule has 0 saturated carbocycles. The normalized spacial score (nSPS) is 11.2. The molecule has 2 aromatic rings. The Morgan fingerprint density at radius 2 is 1.86 bits per heavy atom. The molecule has 0 unspecified atom stereocenters. The zero-order valence-electron chi connectivity index (χ0n) is 13.0. The van der Waals surface area contributed by atoms with Crippen molar-refractivity contribution in [3.8, 4) is 10.4 Å². The molecular weight excluding hydrogens is 278 g/mol. The van der Waals surface area contributed by atoms with E-state index in [1.54, 1.807) is 0 Å². The average molecular weight is 303 g/mol. The molecule has 1 heterocycles. The fourth-order valence-corrected chi connectivity index (χ4v) is 3.10. The second-order valence-corrected chi connectivity index (χ2v) is 6.60. The van der Waals surface area contributed by atoms with E-state index < -0.39 is 0 Å². The highest BCUT2D eigenvalue weighted by molar-refractivity contribution is 7.15. The van der Waals surface area contributed by atoms with Gasteiger partial charge in [0, 0.05) is 22.9 Å². The van der Waals surface area contributed by atoms with Crippen molar-refractivity contribution in [1.82, 2.24) is 5.32 Å². The topological polar surface area (TPSA) is 21.3 Å². The van der Waals surface area contributed by atoms with Crippen LogP contribution < -0.4 is 5.32 Å². The summed E-state index contributed by atoms with van der Waals surface area (Å²) >= 11 is 1.87. The molecule has 0 atom stereocenters. The Bertz CT molecular complexity index is 507. The van der Waals surface area contributed by atoms with Crippen LogP contribution in [-0.2, 0) is 11.3 Å². The summed E-state index contributed by atoms with van der Waals surface area (Å²) in [6.07, 6.45) is 2.65. The Morgan fingerprint density at radius 3 is 2.62 bits per heavy atom. The van der Waals surface area contributed by atoms with Crippen LogP contribution in [0.1, 0.15) is 31.6 Å². The number of benzene rings is 1. The van der Waals surface area contributed by atoms with Crippen LogP contribution in [0.15, 0.2) is 42.5 Å². The van der Waals surface area contributed by atoms with Crippen molar-refractivity contribution in [2.24, 2.45) is 0 Å². The van der Waals surface area contributed by atoms with Gasteiger partial charge in [0.2, 0.25) is 0 Å². The smallest absolute Gasteiger partial charge is 0.0518 e. The fourth-order valence-electron chi connectivity index (χ4n) is 2.11. The van der Waals surface area contributed by atoms with Crippen LogP contribution in [0.3, 0.4) is 0 Å². The van der Waals surface area contributed by atoms with Crippen LogP contribution >= 0.6 is 11.3 Å². The molecule has 0 bridgehead atoms. The number of hydrogen-bond acceptors (Lipinski definition) is 3. The molecule has 0 saturated heterocycles. The van der Waals surface area contributed by atoms with Crippen molar-refractivity contribution in [2.75, 3.05) is 13.2 Å². The van der Waals surface area contributed by atoms with Gasteiger partial charge < -0.3 is 10.1 Å². The van der Waals surface area contributed by atoms with Crippen molar-refractivity contribution in [2.45, 2.75) is 39.3 Å². The Morgan fingerprint density at radius 1 is 1.05 bits per heavy atom. The summed E-state index contributed by atoms with van der Waals surface area (Å²) in [7, 11) is 0. The lowest BCUT2D eigenvalue weighted by Gasteiger charge is -2.07. The minimum Gasteiger partial charge on any atom is -0.379 e. The second-order valence-electron chi connectivity index (χ2n) is 5.44. The van der Waals surface area contributed by atoms with Crippen molar-refractivity contribution < 1.29 is 4.74 Å². The Hall–Kier alpha value is -1.16. The van der Waals surface area contributed by atoms with Crippen molar-refractivity contribution >= 4 is 11.3 Å². The van der Waals surface area contributed by atoms with E-state index >= 15 is 0 Å². The van der Waals surface area contributed by atoms with Crippen LogP contribution in [0, 0.1) is 0 Å². The standard InChI is InChI=1S/C18H25NOS/c1-15(2)20-13-7-6-12-19-14-17-10-11-18(21-17)16-8-4-3-5-9-16/h3-5,8-11,15,19H,6-7,12-14H2,1-2H3. The summed E-state index contributed by atoms with van der Waals surface area (Å²) in [4.78, 5) is 2.74. The number of rotatable bonds is 9. The highest BCUT2D eigenvalue weighted by Gasteiger charge is 2.02. The molecule has 1 N–H and O–H groups in total. The van der Waals surface area contributed by atoms with Gasteiger partial charge in [-0.15, -0.1) is 11.3 Å². The minimum atomic E-state index is 0.348. The van der Waals surface area contributed by atoms with Gasteiger partial charge in [0.25, 0.3) is 0 Å². The molecule has 1 aromatic heterocycles. The van der Waals surface area contributed by atoms with Gasteiger partial charge in [-0.25, -0.2) is 0 Å². The quantitative estimate of drug-likeness (QED) is 0.677. The molecule has 0 fully saturated rings. The Balaban J connectivity index is 1.65. The molecule has 0 aliphatic heterocycles. The maximum absolute atomic E-state index is 5.53. The van der Waals surface area contributed by atoms with Crippen LogP contribution in [0.2, 0.25) is 0 Å². The van der Waals surface area contributed by atoms with E-state index in [1.807, 2.05) is 11.3 Å². The third-order valence-corrected chi connectivity index (χ3v) is 4.35. The molecule has 3 heteroatoms. The lowest BCUT2D eigenvalue weighted by atomic mass is 10.2. The van der Waals surface area contributed by atoms with E-state index in [0.717, 1.165) is 26.1 Å². The first-order chi connectivity index (χ1) is 10.3. The summed E-state index contributed by atoms with van der Waals surface area (Å²) in [6, 6.07) is 15.0. The van der Waals surface area contributed by atoms with Crippen molar-refractivity contribution in [3.05, 3.63) is 47.3 Å². The summed E-state index contributed by atoms with van der Waals surface area (Å²) in [5.41, 5.74) is 1.31. The number of nitrogens with one attached hydrogen (secondary N) is 1. The van der Waals surface area contributed by atoms with Gasteiger partial charge in [0.05, 0.1) is 6.10 Å². The van der Waals surface area contributed by atoms with Crippen LogP contribution in [0.5, 0.6) is 0 Å². The Kier molecular flexibility index (Phi) is 6.93. The SMILES string of the molecule is CC(C)OCCCCNCc1ccc(-c2ccccc2)s1. The van der Waals surface area contributed by atoms with Crippen molar-refractivity contribution in [1.29, 1.82) is 0 Å². The maximum Gasteiger partial charge on any atom is 0.0518 e. The lowest BCUT2D eigenvalue weighted by molar-refractivity contribution is 0.0760. The van der Waals surface area contributed by atoms with Gasteiger partial charge in [0.1, 0.15) is 0 Å². The number of hydrogen-bond donors (Lipinski definition) is 1. The van der Waals surface area contributed by atoms with Crippen LogP contribution in [0.25, 0.3) is 10.4 Å². The molecule has 0 amide bonds. The van der Waals surface area contributed by atoms with E-state index in [0.29, 0.717) is 6.10 Å². The third-order valence-electron chi connectivity index (χ3n) is 3.22. The highest BCUT2D eigenvalue weighted by Crippen LogP contribution is 2.27.